The van der Waals surface area contributed by atoms with E-state index in [4.69, 9.17) is 5.73 Å². The summed E-state index contributed by atoms with van der Waals surface area (Å²) in [6.45, 7) is 0.706. The van der Waals surface area contributed by atoms with Crippen molar-refractivity contribution in [2.75, 3.05) is 18.5 Å². The molecule has 18 heavy (non-hydrogen) atoms. The van der Waals surface area contributed by atoms with Crippen molar-refractivity contribution in [3.63, 3.8) is 0 Å². The molecule has 100 valence electrons. The van der Waals surface area contributed by atoms with Crippen molar-refractivity contribution in [2.24, 2.45) is 0 Å². The Morgan fingerprint density at radius 3 is 2.83 bits per heavy atom. The number of nitrogens with one attached hydrogen (secondary N) is 2. The molecule has 0 aromatic carbocycles. The van der Waals surface area contributed by atoms with Gasteiger partial charge in [0.15, 0.2) is 0 Å². The average Bonchev–Trinajstić information content (AvgIpc) is 2.83. The molecule has 4 N–H and O–H groups in total. The van der Waals surface area contributed by atoms with Gasteiger partial charge in [0.25, 0.3) is 5.91 Å². The molecule has 1 aromatic rings. The van der Waals surface area contributed by atoms with E-state index in [1.54, 1.807) is 0 Å². The highest BCUT2D eigenvalue weighted by Gasteiger charge is 2.31. The second-order valence-electron chi connectivity index (χ2n) is 4.83. The zero-order chi connectivity index (χ0) is 13.0. The van der Waals surface area contributed by atoms with Gasteiger partial charge in [0.05, 0.1) is 6.20 Å². The Morgan fingerprint density at radius 2 is 2.28 bits per heavy atom. The van der Waals surface area contributed by atoms with Crippen LogP contribution >= 0.6 is 11.8 Å². The zero-order valence-electron chi connectivity index (χ0n) is 10.7. The maximum atomic E-state index is 12.0. The normalized spacial score (nSPS) is 18.5. The van der Waals surface area contributed by atoms with Crippen LogP contribution < -0.4 is 11.1 Å². The summed E-state index contributed by atoms with van der Waals surface area (Å²) in [4.78, 5) is 12.0. The second kappa shape index (κ2) is 5.65. The molecule has 0 saturated heterocycles. The number of hydrogen-bond acceptors (Lipinski definition) is 4. The van der Waals surface area contributed by atoms with Crippen molar-refractivity contribution >= 4 is 23.5 Å². The molecule has 5 nitrogen and oxygen atoms in total. The summed E-state index contributed by atoms with van der Waals surface area (Å²) in [5.41, 5.74) is 6.06. The number of aromatic amines is 1. The van der Waals surface area contributed by atoms with Crippen molar-refractivity contribution in [2.45, 2.75) is 36.9 Å². The molecule has 6 heteroatoms. The number of carbonyl (C=O) groups excluding carboxylic acids is 1. The lowest BCUT2D eigenvalue weighted by atomic mass is 9.88. The number of amides is 1. The summed E-state index contributed by atoms with van der Waals surface area (Å²) < 4.78 is 0.201. The standard InChI is InChI=1S/C12H20N4OS/c1-18-12(5-3-2-4-6-12)8-14-11(17)9-7-15-16-10(9)13/h7H,2-6,8H2,1H3,(H,14,17)(H3,13,15,16). The number of nitrogen functional groups attached to an aromatic ring is 1. The SMILES string of the molecule is CSC1(CNC(=O)c2cn[nH]c2N)CCCCC1. The van der Waals surface area contributed by atoms with Gasteiger partial charge in [-0.3, -0.25) is 9.89 Å². The van der Waals surface area contributed by atoms with Gasteiger partial charge in [0, 0.05) is 11.3 Å². The van der Waals surface area contributed by atoms with E-state index in [1.165, 1.54) is 38.3 Å². The van der Waals surface area contributed by atoms with Gasteiger partial charge in [-0.25, -0.2) is 0 Å². The van der Waals surface area contributed by atoms with Crippen LogP contribution in [0.5, 0.6) is 0 Å². The summed E-state index contributed by atoms with van der Waals surface area (Å²) in [7, 11) is 0. The summed E-state index contributed by atoms with van der Waals surface area (Å²) in [6, 6.07) is 0. The molecule has 0 radical (unpaired) electrons. The third kappa shape index (κ3) is 2.80. The minimum absolute atomic E-state index is 0.139. The van der Waals surface area contributed by atoms with E-state index in [9.17, 15) is 4.79 Å². The van der Waals surface area contributed by atoms with Gasteiger partial charge in [-0.05, 0) is 19.1 Å². The van der Waals surface area contributed by atoms with Crippen LogP contribution in [0.2, 0.25) is 0 Å². The predicted octanol–water partition coefficient (Wildman–Crippen LogP) is 1.79. The molecule has 1 saturated carbocycles. The topological polar surface area (TPSA) is 83.8 Å². The van der Waals surface area contributed by atoms with E-state index in [1.807, 2.05) is 11.8 Å². The number of nitrogens with zero attached hydrogens (tertiary/aromatic N) is 1. The van der Waals surface area contributed by atoms with Crippen LogP contribution in [-0.2, 0) is 0 Å². The molecule has 1 aromatic heterocycles. The van der Waals surface area contributed by atoms with Crippen molar-refractivity contribution in [3.8, 4) is 0 Å². The fourth-order valence-electron chi connectivity index (χ4n) is 2.46. The van der Waals surface area contributed by atoms with Gasteiger partial charge >= 0.3 is 0 Å². The Morgan fingerprint density at radius 1 is 1.56 bits per heavy atom. The molecule has 1 amide bonds. The molecule has 2 rings (SSSR count). The van der Waals surface area contributed by atoms with E-state index in [2.05, 4.69) is 21.8 Å². The van der Waals surface area contributed by atoms with Crippen LogP contribution in [0.4, 0.5) is 5.82 Å². The number of nitrogens with two attached hydrogens (primary N) is 1. The van der Waals surface area contributed by atoms with Gasteiger partial charge in [-0.2, -0.15) is 16.9 Å². The maximum absolute atomic E-state index is 12.0. The second-order valence-corrected chi connectivity index (χ2v) is 6.10. The van der Waals surface area contributed by atoms with Crippen molar-refractivity contribution in [1.29, 1.82) is 0 Å². The average molecular weight is 268 g/mol. The fourth-order valence-corrected chi connectivity index (χ4v) is 3.38. The molecule has 0 atom stereocenters. The molecule has 0 aliphatic heterocycles. The third-order valence-electron chi connectivity index (χ3n) is 3.68. The summed E-state index contributed by atoms with van der Waals surface area (Å²) in [5, 5.41) is 9.32. The first kappa shape index (κ1) is 13.3. The number of hydrogen-bond donors (Lipinski definition) is 3. The molecule has 1 aliphatic carbocycles. The molecule has 1 fully saturated rings. The molecule has 0 bridgehead atoms. The lowest BCUT2D eigenvalue weighted by molar-refractivity contribution is 0.0948. The van der Waals surface area contributed by atoms with Crippen LogP contribution in [0.15, 0.2) is 6.20 Å². The van der Waals surface area contributed by atoms with E-state index in [0.29, 0.717) is 17.9 Å². The highest BCUT2D eigenvalue weighted by Crippen LogP contribution is 2.37. The molecular formula is C12H20N4OS. The van der Waals surface area contributed by atoms with Crippen LogP contribution in [0.25, 0.3) is 0 Å². The van der Waals surface area contributed by atoms with Gasteiger partial charge in [-0.1, -0.05) is 19.3 Å². The van der Waals surface area contributed by atoms with E-state index < -0.39 is 0 Å². The van der Waals surface area contributed by atoms with Gasteiger partial charge < -0.3 is 11.1 Å². The van der Waals surface area contributed by atoms with Crippen LogP contribution in [0.1, 0.15) is 42.5 Å². The van der Waals surface area contributed by atoms with Crippen LogP contribution in [0.3, 0.4) is 0 Å². The Hall–Kier alpha value is -1.17. The quantitative estimate of drug-likeness (QED) is 0.777. The molecule has 1 heterocycles. The largest absolute Gasteiger partial charge is 0.383 e. The highest BCUT2D eigenvalue weighted by atomic mass is 32.2. The van der Waals surface area contributed by atoms with Crippen LogP contribution in [0, 0.1) is 0 Å². The van der Waals surface area contributed by atoms with E-state index in [0.717, 1.165) is 0 Å². The van der Waals surface area contributed by atoms with Gasteiger partial charge in [-0.15, -0.1) is 0 Å². The maximum Gasteiger partial charge on any atom is 0.256 e. The first-order valence-corrected chi connectivity index (χ1v) is 7.51. The number of anilines is 1. The monoisotopic (exact) mass is 268 g/mol. The Bertz CT molecular complexity index is 412. The lowest BCUT2D eigenvalue weighted by Crippen LogP contribution is -2.41. The summed E-state index contributed by atoms with van der Waals surface area (Å²) in [5.74, 6) is 0.189. The molecule has 0 spiro atoms. The van der Waals surface area contributed by atoms with Crippen molar-refractivity contribution < 1.29 is 4.79 Å². The van der Waals surface area contributed by atoms with E-state index in [-0.39, 0.29) is 10.7 Å². The Kier molecular flexibility index (Phi) is 4.16. The number of carbonyl (C=O) groups is 1. The molecule has 1 aliphatic rings. The van der Waals surface area contributed by atoms with Gasteiger partial charge in [0.2, 0.25) is 0 Å². The minimum atomic E-state index is -0.139. The first-order chi connectivity index (χ1) is 8.67. The first-order valence-electron chi connectivity index (χ1n) is 6.29. The Balaban J connectivity index is 1.94. The highest BCUT2D eigenvalue weighted by molar-refractivity contribution is 8.00. The van der Waals surface area contributed by atoms with Crippen molar-refractivity contribution in [1.82, 2.24) is 15.5 Å². The number of H-pyrrole nitrogens is 1. The molecular weight excluding hydrogens is 248 g/mol. The van der Waals surface area contributed by atoms with Gasteiger partial charge in [0.1, 0.15) is 11.4 Å². The predicted molar refractivity (Wildman–Crippen MR) is 74.7 cm³/mol. The smallest absolute Gasteiger partial charge is 0.256 e. The fraction of sp³-hybridized carbons (Fsp3) is 0.667. The lowest BCUT2D eigenvalue weighted by Gasteiger charge is -2.35. The number of thioether (sulfide) groups is 1. The molecule has 0 unspecified atom stereocenters. The number of aromatic nitrogens is 2. The van der Waals surface area contributed by atoms with E-state index >= 15 is 0 Å². The zero-order valence-corrected chi connectivity index (χ0v) is 11.5. The summed E-state index contributed by atoms with van der Waals surface area (Å²) >= 11 is 1.87. The minimum Gasteiger partial charge on any atom is -0.383 e. The summed E-state index contributed by atoms with van der Waals surface area (Å²) in [6.07, 6.45) is 9.77. The van der Waals surface area contributed by atoms with Crippen LogP contribution in [-0.4, -0.2) is 33.7 Å². The van der Waals surface area contributed by atoms with Crippen molar-refractivity contribution in [3.05, 3.63) is 11.8 Å². The third-order valence-corrected chi connectivity index (χ3v) is 5.10. The number of rotatable bonds is 4. The Labute approximate surface area is 111 Å².